The zero-order chi connectivity index (χ0) is 16.4. The van der Waals surface area contributed by atoms with E-state index < -0.39 is 5.60 Å². The fourth-order valence-corrected chi connectivity index (χ4v) is 3.11. The van der Waals surface area contributed by atoms with Crippen LogP contribution in [0.1, 0.15) is 26.7 Å². The molecule has 1 atom stereocenters. The first-order valence-corrected chi connectivity index (χ1v) is 8.11. The van der Waals surface area contributed by atoms with Crippen molar-refractivity contribution >= 4 is 22.4 Å². The normalized spacial score (nSPS) is 16.8. The standard InChI is InChI=1S/C19H23NO3/c1-4-23-19(2,13-9-10-13)18(21)20-16-11-12-17(22-3)15-8-6-5-7-14(15)16/h5-8,11-13H,4,9-10H2,1-3H3,(H,20,21)/t19-/m0/s1. The summed E-state index contributed by atoms with van der Waals surface area (Å²) in [6, 6.07) is 11.7. The van der Waals surface area contributed by atoms with Gasteiger partial charge in [-0.05, 0) is 44.7 Å². The zero-order valence-electron chi connectivity index (χ0n) is 13.9. The molecule has 4 nitrogen and oxygen atoms in total. The van der Waals surface area contributed by atoms with Gasteiger partial charge in [-0.25, -0.2) is 0 Å². The van der Waals surface area contributed by atoms with E-state index in [-0.39, 0.29) is 5.91 Å². The largest absolute Gasteiger partial charge is 0.496 e. The van der Waals surface area contributed by atoms with E-state index in [1.54, 1.807) is 7.11 Å². The van der Waals surface area contributed by atoms with Crippen LogP contribution in [0.4, 0.5) is 5.69 Å². The molecular weight excluding hydrogens is 290 g/mol. The number of carbonyl (C=O) groups excluding carboxylic acids is 1. The highest BCUT2D eigenvalue weighted by Crippen LogP contribution is 2.43. The van der Waals surface area contributed by atoms with Crippen molar-refractivity contribution in [2.45, 2.75) is 32.3 Å². The molecule has 1 aliphatic carbocycles. The fourth-order valence-electron chi connectivity index (χ4n) is 3.11. The minimum Gasteiger partial charge on any atom is -0.496 e. The molecular formula is C19H23NO3. The maximum atomic E-state index is 12.8. The number of nitrogens with one attached hydrogen (secondary N) is 1. The van der Waals surface area contributed by atoms with Gasteiger partial charge in [0.05, 0.1) is 7.11 Å². The third-order valence-electron chi connectivity index (χ3n) is 4.60. The highest BCUT2D eigenvalue weighted by Gasteiger charge is 2.48. The highest BCUT2D eigenvalue weighted by molar-refractivity contribution is 6.06. The van der Waals surface area contributed by atoms with Crippen LogP contribution in [0.25, 0.3) is 10.8 Å². The number of amides is 1. The monoisotopic (exact) mass is 313 g/mol. The van der Waals surface area contributed by atoms with Gasteiger partial charge in [0.25, 0.3) is 5.91 Å². The van der Waals surface area contributed by atoms with Gasteiger partial charge in [-0.2, -0.15) is 0 Å². The lowest BCUT2D eigenvalue weighted by atomic mass is 9.98. The van der Waals surface area contributed by atoms with Crippen LogP contribution in [0.3, 0.4) is 0 Å². The van der Waals surface area contributed by atoms with Crippen LogP contribution in [0.5, 0.6) is 5.75 Å². The van der Waals surface area contributed by atoms with Crippen molar-refractivity contribution in [2.24, 2.45) is 5.92 Å². The molecule has 0 aliphatic heterocycles. The number of carbonyl (C=O) groups is 1. The summed E-state index contributed by atoms with van der Waals surface area (Å²) in [5.74, 6) is 1.04. The number of fused-ring (bicyclic) bond motifs is 1. The Kier molecular flexibility index (Phi) is 4.26. The molecule has 0 aromatic heterocycles. The van der Waals surface area contributed by atoms with Gasteiger partial charge in [0.15, 0.2) is 0 Å². The predicted molar refractivity (Wildman–Crippen MR) is 91.9 cm³/mol. The minimum atomic E-state index is -0.754. The van der Waals surface area contributed by atoms with E-state index in [9.17, 15) is 4.79 Å². The van der Waals surface area contributed by atoms with Crippen LogP contribution < -0.4 is 10.1 Å². The van der Waals surface area contributed by atoms with Gasteiger partial charge in [-0.3, -0.25) is 4.79 Å². The molecule has 0 radical (unpaired) electrons. The minimum absolute atomic E-state index is 0.0721. The van der Waals surface area contributed by atoms with Gasteiger partial charge in [0.2, 0.25) is 0 Å². The van der Waals surface area contributed by atoms with Gasteiger partial charge < -0.3 is 14.8 Å². The average Bonchev–Trinajstić information content (AvgIpc) is 3.40. The molecule has 2 aromatic carbocycles. The van der Waals surface area contributed by atoms with E-state index in [0.29, 0.717) is 12.5 Å². The van der Waals surface area contributed by atoms with Gasteiger partial charge in [0, 0.05) is 23.1 Å². The van der Waals surface area contributed by atoms with Crippen molar-refractivity contribution in [2.75, 3.05) is 19.0 Å². The molecule has 23 heavy (non-hydrogen) atoms. The summed E-state index contributed by atoms with van der Waals surface area (Å²) in [6.07, 6.45) is 2.10. The summed E-state index contributed by atoms with van der Waals surface area (Å²) in [5, 5.41) is 5.01. The summed E-state index contributed by atoms with van der Waals surface area (Å²) in [7, 11) is 1.65. The first kappa shape index (κ1) is 15.8. The SMILES string of the molecule is CCO[C@](C)(C(=O)Nc1ccc(OC)c2ccccc12)C1CC1. The molecule has 1 fully saturated rings. The molecule has 0 saturated heterocycles. The van der Waals surface area contributed by atoms with E-state index in [2.05, 4.69) is 5.32 Å². The third kappa shape index (κ3) is 2.91. The summed E-state index contributed by atoms with van der Waals surface area (Å²) >= 11 is 0. The molecule has 0 heterocycles. The Hall–Kier alpha value is -2.07. The molecule has 4 heteroatoms. The summed E-state index contributed by atoms with van der Waals surface area (Å²) in [5.41, 5.74) is 0.0356. The first-order valence-electron chi connectivity index (χ1n) is 8.11. The summed E-state index contributed by atoms with van der Waals surface area (Å²) in [4.78, 5) is 12.8. The van der Waals surface area contributed by atoms with Crippen molar-refractivity contribution in [1.82, 2.24) is 0 Å². The van der Waals surface area contributed by atoms with Crippen molar-refractivity contribution in [3.8, 4) is 5.75 Å². The van der Waals surface area contributed by atoms with E-state index in [1.807, 2.05) is 50.2 Å². The van der Waals surface area contributed by atoms with E-state index in [0.717, 1.165) is 35.1 Å². The molecule has 1 N–H and O–H groups in total. The Morgan fingerprint density at radius 1 is 1.22 bits per heavy atom. The van der Waals surface area contributed by atoms with Crippen LogP contribution in [-0.2, 0) is 9.53 Å². The van der Waals surface area contributed by atoms with Crippen LogP contribution in [0, 0.1) is 5.92 Å². The topological polar surface area (TPSA) is 47.6 Å². The third-order valence-corrected chi connectivity index (χ3v) is 4.60. The second-order valence-corrected chi connectivity index (χ2v) is 6.13. The number of benzene rings is 2. The second kappa shape index (κ2) is 6.20. The highest BCUT2D eigenvalue weighted by atomic mass is 16.5. The van der Waals surface area contributed by atoms with Gasteiger partial charge >= 0.3 is 0 Å². The molecule has 1 saturated carbocycles. The molecule has 2 aromatic rings. The zero-order valence-corrected chi connectivity index (χ0v) is 13.9. The van der Waals surface area contributed by atoms with Crippen molar-refractivity contribution in [3.05, 3.63) is 36.4 Å². The molecule has 0 unspecified atom stereocenters. The van der Waals surface area contributed by atoms with E-state index in [1.165, 1.54) is 0 Å². The lowest BCUT2D eigenvalue weighted by Gasteiger charge is -2.28. The van der Waals surface area contributed by atoms with Crippen molar-refractivity contribution in [3.63, 3.8) is 0 Å². The Morgan fingerprint density at radius 2 is 1.91 bits per heavy atom. The lowest BCUT2D eigenvalue weighted by Crippen LogP contribution is -2.44. The van der Waals surface area contributed by atoms with Gasteiger partial charge in [-0.15, -0.1) is 0 Å². The van der Waals surface area contributed by atoms with E-state index >= 15 is 0 Å². The predicted octanol–water partition coefficient (Wildman–Crippen LogP) is 3.99. The van der Waals surface area contributed by atoms with Crippen LogP contribution in [-0.4, -0.2) is 25.2 Å². The second-order valence-electron chi connectivity index (χ2n) is 6.13. The maximum Gasteiger partial charge on any atom is 0.256 e. The molecule has 3 rings (SSSR count). The number of rotatable bonds is 6. The Bertz CT molecular complexity index is 724. The van der Waals surface area contributed by atoms with Crippen molar-refractivity contribution in [1.29, 1.82) is 0 Å². The Balaban J connectivity index is 1.93. The fraction of sp³-hybridized carbons (Fsp3) is 0.421. The molecule has 1 amide bonds. The Morgan fingerprint density at radius 3 is 2.52 bits per heavy atom. The smallest absolute Gasteiger partial charge is 0.256 e. The quantitative estimate of drug-likeness (QED) is 0.877. The number of anilines is 1. The maximum absolute atomic E-state index is 12.8. The molecule has 1 aliphatic rings. The molecule has 0 spiro atoms. The van der Waals surface area contributed by atoms with Crippen molar-refractivity contribution < 1.29 is 14.3 Å². The molecule has 0 bridgehead atoms. The summed E-state index contributed by atoms with van der Waals surface area (Å²) < 4.78 is 11.2. The van der Waals surface area contributed by atoms with Crippen LogP contribution in [0.15, 0.2) is 36.4 Å². The van der Waals surface area contributed by atoms with Gasteiger partial charge in [-0.1, -0.05) is 24.3 Å². The van der Waals surface area contributed by atoms with Crippen LogP contribution >= 0.6 is 0 Å². The summed E-state index contributed by atoms with van der Waals surface area (Å²) in [6.45, 7) is 4.36. The molecule has 122 valence electrons. The average molecular weight is 313 g/mol. The number of hydrogen-bond acceptors (Lipinski definition) is 3. The van der Waals surface area contributed by atoms with E-state index in [4.69, 9.17) is 9.47 Å². The first-order chi connectivity index (χ1) is 11.1. The van der Waals surface area contributed by atoms with Crippen LogP contribution in [0.2, 0.25) is 0 Å². The number of methoxy groups -OCH3 is 1. The number of ether oxygens (including phenoxy) is 2. The number of hydrogen-bond donors (Lipinski definition) is 1. The lowest BCUT2D eigenvalue weighted by molar-refractivity contribution is -0.141. The van der Waals surface area contributed by atoms with Gasteiger partial charge in [0.1, 0.15) is 11.4 Å². The Labute approximate surface area is 136 Å².